The number of hydrogen-bond donors (Lipinski definition) is 2. The average Bonchev–Trinajstić information content (AvgIpc) is 3.21. The first kappa shape index (κ1) is 14.5. The third kappa shape index (κ3) is 2.98. The molecule has 1 aromatic rings. The minimum Gasteiger partial charge on any atom is -0.478 e. The molecule has 2 N–H and O–H groups in total. The fourth-order valence-corrected chi connectivity index (χ4v) is 3.01. The number of aromatic carboxylic acids is 1. The van der Waals surface area contributed by atoms with E-state index in [2.05, 4.69) is 5.32 Å². The number of amides is 1. The first-order valence-electron chi connectivity index (χ1n) is 6.20. The molecule has 7 heteroatoms. The summed E-state index contributed by atoms with van der Waals surface area (Å²) in [6.45, 7) is 1.31. The zero-order valence-corrected chi connectivity index (χ0v) is 11.7. The van der Waals surface area contributed by atoms with Gasteiger partial charge < -0.3 is 10.4 Å². The maximum Gasteiger partial charge on any atom is 0.335 e. The third-order valence-electron chi connectivity index (χ3n) is 3.17. The molecule has 0 aliphatic heterocycles. The van der Waals surface area contributed by atoms with Gasteiger partial charge in [0.1, 0.15) is 5.25 Å². The summed E-state index contributed by atoms with van der Waals surface area (Å²) in [4.78, 5) is 22.5. The van der Waals surface area contributed by atoms with Crippen molar-refractivity contribution in [2.45, 2.75) is 36.0 Å². The van der Waals surface area contributed by atoms with Crippen molar-refractivity contribution in [2.75, 3.05) is 0 Å². The van der Waals surface area contributed by atoms with E-state index in [4.69, 9.17) is 5.11 Å². The number of carbonyl (C=O) groups excluding carboxylic acids is 1. The standard InChI is InChI=1S/C13H15NO5S/c1-8(12(15)14-10-5-6-10)20(18,19)11-4-2-3-9(7-11)13(16)17/h2-4,7-8,10H,5-6H2,1H3,(H,14,15)(H,16,17). The van der Waals surface area contributed by atoms with Gasteiger partial charge in [0.05, 0.1) is 10.5 Å². The second-order valence-electron chi connectivity index (χ2n) is 4.80. The topological polar surface area (TPSA) is 101 Å². The van der Waals surface area contributed by atoms with Crippen LogP contribution in [0.1, 0.15) is 30.1 Å². The number of sulfone groups is 1. The molecule has 0 spiro atoms. The molecule has 0 saturated heterocycles. The fraction of sp³-hybridized carbons (Fsp3) is 0.385. The number of carbonyl (C=O) groups is 2. The predicted molar refractivity (Wildman–Crippen MR) is 71.2 cm³/mol. The van der Waals surface area contributed by atoms with Gasteiger partial charge in [-0.25, -0.2) is 13.2 Å². The van der Waals surface area contributed by atoms with Gasteiger partial charge in [0, 0.05) is 6.04 Å². The molecular weight excluding hydrogens is 282 g/mol. The van der Waals surface area contributed by atoms with E-state index in [9.17, 15) is 18.0 Å². The van der Waals surface area contributed by atoms with Crippen LogP contribution in [0.4, 0.5) is 0 Å². The molecule has 1 amide bonds. The zero-order valence-electron chi connectivity index (χ0n) is 10.9. The van der Waals surface area contributed by atoms with Crippen LogP contribution in [0.5, 0.6) is 0 Å². The summed E-state index contributed by atoms with van der Waals surface area (Å²) in [5, 5.41) is 10.3. The molecular formula is C13H15NO5S. The molecule has 0 aromatic heterocycles. The van der Waals surface area contributed by atoms with Crippen LogP contribution in [0, 0.1) is 0 Å². The van der Waals surface area contributed by atoms with E-state index < -0.39 is 27.0 Å². The Bertz CT molecular complexity index is 648. The largest absolute Gasteiger partial charge is 0.478 e. The van der Waals surface area contributed by atoms with Crippen molar-refractivity contribution in [2.24, 2.45) is 0 Å². The van der Waals surface area contributed by atoms with Gasteiger partial charge in [-0.1, -0.05) is 6.07 Å². The molecule has 108 valence electrons. The molecule has 1 saturated carbocycles. The van der Waals surface area contributed by atoms with Gasteiger partial charge in [0.2, 0.25) is 5.91 Å². The Hall–Kier alpha value is -1.89. The molecule has 1 aliphatic carbocycles. The lowest BCUT2D eigenvalue weighted by atomic mass is 10.2. The van der Waals surface area contributed by atoms with Crippen LogP contribution in [0.3, 0.4) is 0 Å². The van der Waals surface area contributed by atoms with Crippen molar-refractivity contribution in [1.29, 1.82) is 0 Å². The molecule has 1 atom stereocenters. The van der Waals surface area contributed by atoms with Crippen LogP contribution < -0.4 is 5.32 Å². The van der Waals surface area contributed by atoms with Crippen LogP contribution in [0.25, 0.3) is 0 Å². The van der Waals surface area contributed by atoms with Crippen molar-refractivity contribution in [3.8, 4) is 0 Å². The highest BCUT2D eigenvalue weighted by molar-refractivity contribution is 7.92. The number of benzene rings is 1. The van der Waals surface area contributed by atoms with Crippen LogP contribution >= 0.6 is 0 Å². The van der Waals surface area contributed by atoms with Gasteiger partial charge in [-0.2, -0.15) is 0 Å². The normalized spacial score (nSPS) is 16.4. The fourth-order valence-electron chi connectivity index (χ4n) is 1.70. The molecule has 2 rings (SSSR count). The average molecular weight is 297 g/mol. The first-order valence-corrected chi connectivity index (χ1v) is 7.74. The highest BCUT2D eigenvalue weighted by Crippen LogP contribution is 2.21. The maximum atomic E-state index is 12.3. The molecule has 20 heavy (non-hydrogen) atoms. The van der Waals surface area contributed by atoms with E-state index in [1.807, 2.05) is 0 Å². The van der Waals surface area contributed by atoms with Gasteiger partial charge in [0.25, 0.3) is 0 Å². The van der Waals surface area contributed by atoms with Gasteiger partial charge in [0.15, 0.2) is 9.84 Å². The summed E-state index contributed by atoms with van der Waals surface area (Å²) in [5.74, 6) is -1.76. The predicted octanol–water partition coefficient (Wildman–Crippen LogP) is 0.826. The Balaban J connectivity index is 2.26. The lowest BCUT2D eigenvalue weighted by molar-refractivity contribution is -0.120. The van der Waals surface area contributed by atoms with E-state index in [0.717, 1.165) is 18.9 Å². The second-order valence-corrected chi connectivity index (χ2v) is 7.07. The van der Waals surface area contributed by atoms with Crippen molar-refractivity contribution in [3.05, 3.63) is 29.8 Å². The Morgan fingerprint density at radius 3 is 2.55 bits per heavy atom. The Morgan fingerprint density at radius 1 is 1.35 bits per heavy atom. The number of rotatable bonds is 5. The van der Waals surface area contributed by atoms with Gasteiger partial charge in [-0.3, -0.25) is 4.79 Å². The van der Waals surface area contributed by atoms with Crippen molar-refractivity contribution >= 4 is 21.7 Å². The zero-order chi connectivity index (χ0) is 14.9. The van der Waals surface area contributed by atoms with Gasteiger partial charge in [-0.15, -0.1) is 0 Å². The number of carboxylic acid groups (broad SMARTS) is 1. The molecule has 1 aromatic carbocycles. The number of carboxylic acids is 1. The van der Waals surface area contributed by atoms with E-state index in [0.29, 0.717) is 0 Å². The minimum atomic E-state index is -3.89. The van der Waals surface area contributed by atoms with Crippen molar-refractivity contribution in [3.63, 3.8) is 0 Å². The highest BCUT2D eigenvalue weighted by Gasteiger charge is 2.33. The molecule has 0 radical (unpaired) electrons. The molecule has 0 bridgehead atoms. The van der Waals surface area contributed by atoms with Crippen molar-refractivity contribution in [1.82, 2.24) is 5.32 Å². The van der Waals surface area contributed by atoms with E-state index in [-0.39, 0.29) is 16.5 Å². The summed E-state index contributed by atoms with van der Waals surface area (Å²) in [5.41, 5.74) is -0.124. The highest BCUT2D eigenvalue weighted by atomic mass is 32.2. The van der Waals surface area contributed by atoms with E-state index >= 15 is 0 Å². The van der Waals surface area contributed by atoms with Gasteiger partial charge in [-0.05, 0) is 38.0 Å². The van der Waals surface area contributed by atoms with Crippen LogP contribution in [0.2, 0.25) is 0 Å². The molecule has 0 heterocycles. The molecule has 1 unspecified atom stereocenters. The summed E-state index contributed by atoms with van der Waals surface area (Å²) < 4.78 is 24.6. The van der Waals surface area contributed by atoms with Gasteiger partial charge >= 0.3 is 5.97 Å². The second kappa shape index (κ2) is 5.24. The Labute approximate surface area is 116 Å². The van der Waals surface area contributed by atoms with Crippen LogP contribution in [0.15, 0.2) is 29.2 Å². The number of nitrogens with one attached hydrogen (secondary N) is 1. The maximum absolute atomic E-state index is 12.3. The quantitative estimate of drug-likeness (QED) is 0.838. The molecule has 1 aliphatic rings. The third-order valence-corrected chi connectivity index (χ3v) is 5.22. The van der Waals surface area contributed by atoms with E-state index in [1.165, 1.54) is 25.1 Å². The van der Waals surface area contributed by atoms with E-state index in [1.54, 1.807) is 0 Å². The Kier molecular flexibility index (Phi) is 3.80. The summed E-state index contributed by atoms with van der Waals surface area (Å²) in [6, 6.07) is 5.09. The van der Waals surface area contributed by atoms with Crippen LogP contribution in [-0.2, 0) is 14.6 Å². The molecule has 1 fully saturated rings. The van der Waals surface area contributed by atoms with Crippen molar-refractivity contribution < 1.29 is 23.1 Å². The Morgan fingerprint density at radius 2 is 2.00 bits per heavy atom. The smallest absolute Gasteiger partial charge is 0.335 e. The lowest BCUT2D eigenvalue weighted by Gasteiger charge is -2.13. The van der Waals surface area contributed by atoms with Crippen LogP contribution in [-0.4, -0.2) is 36.7 Å². The lowest BCUT2D eigenvalue weighted by Crippen LogP contribution is -2.39. The number of hydrogen-bond acceptors (Lipinski definition) is 4. The first-order chi connectivity index (χ1) is 9.32. The molecule has 6 nitrogen and oxygen atoms in total. The minimum absolute atomic E-state index is 0.0745. The summed E-state index contributed by atoms with van der Waals surface area (Å²) >= 11 is 0. The monoisotopic (exact) mass is 297 g/mol. The summed E-state index contributed by atoms with van der Waals surface area (Å²) in [6.07, 6.45) is 1.74. The summed E-state index contributed by atoms with van der Waals surface area (Å²) in [7, 11) is -3.89. The SMILES string of the molecule is CC(C(=O)NC1CC1)S(=O)(=O)c1cccc(C(=O)O)c1.